The summed E-state index contributed by atoms with van der Waals surface area (Å²) in [6, 6.07) is 4.89. The fourth-order valence-electron chi connectivity index (χ4n) is 2.18. The number of nitrogens with one attached hydrogen (secondary N) is 1. The molecule has 1 amide bonds. The first-order valence-electron chi connectivity index (χ1n) is 6.71. The lowest BCUT2D eigenvalue weighted by Crippen LogP contribution is -2.34. The number of carboxylic acids is 1. The second kappa shape index (κ2) is 6.70. The van der Waals surface area contributed by atoms with E-state index in [4.69, 9.17) is 16.3 Å². The molecule has 8 heteroatoms. The summed E-state index contributed by atoms with van der Waals surface area (Å²) in [6.07, 6.45) is 0. The highest BCUT2D eigenvalue weighted by Gasteiger charge is 2.25. The van der Waals surface area contributed by atoms with Gasteiger partial charge in [-0.25, -0.2) is 4.79 Å². The molecule has 1 atom stereocenters. The number of carbonyl (C=O) groups excluding carboxylic acids is 1. The highest BCUT2D eigenvalue weighted by Crippen LogP contribution is 2.28. The molecular formula is C15H16ClN3O4. The molecule has 0 spiro atoms. The Morgan fingerprint density at radius 1 is 1.39 bits per heavy atom. The number of carbonyl (C=O) groups is 2. The van der Waals surface area contributed by atoms with Crippen molar-refractivity contribution in [1.82, 2.24) is 15.1 Å². The standard InChI is InChI=1S/C15H16ClN3O4/c1-8-6-11(19(2)18-8)14(20)17-13(15(21)22)9-4-5-12(23-3)10(16)7-9/h4-7,13H,1-3H3,(H,17,20)(H,21,22). The van der Waals surface area contributed by atoms with Gasteiger partial charge in [-0.2, -0.15) is 5.10 Å². The minimum atomic E-state index is -1.24. The van der Waals surface area contributed by atoms with Gasteiger partial charge in [0.25, 0.3) is 5.91 Å². The van der Waals surface area contributed by atoms with Crippen LogP contribution in [0.15, 0.2) is 24.3 Å². The second-order valence-electron chi connectivity index (χ2n) is 4.93. The van der Waals surface area contributed by atoms with E-state index in [0.29, 0.717) is 17.0 Å². The van der Waals surface area contributed by atoms with Crippen LogP contribution in [-0.4, -0.2) is 33.9 Å². The number of nitrogens with zero attached hydrogens (tertiary/aromatic N) is 2. The predicted molar refractivity (Wildman–Crippen MR) is 83.8 cm³/mol. The maximum absolute atomic E-state index is 12.3. The molecule has 0 bridgehead atoms. The van der Waals surface area contributed by atoms with Gasteiger partial charge in [0.15, 0.2) is 6.04 Å². The molecule has 122 valence electrons. The highest BCUT2D eigenvalue weighted by atomic mass is 35.5. The Hall–Kier alpha value is -2.54. The Bertz CT molecular complexity index is 757. The van der Waals surface area contributed by atoms with E-state index in [1.807, 2.05) is 0 Å². The fraction of sp³-hybridized carbons (Fsp3) is 0.267. The topological polar surface area (TPSA) is 93.5 Å². The number of aromatic nitrogens is 2. The van der Waals surface area contributed by atoms with Gasteiger partial charge in [-0.05, 0) is 30.7 Å². The van der Waals surface area contributed by atoms with Crippen LogP contribution in [0.25, 0.3) is 0 Å². The van der Waals surface area contributed by atoms with E-state index in [2.05, 4.69) is 10.4 Å². The van der Waals surface area contributed by atoms with E-state index in [9.17, 15) is 14.7 Å². The van der Waals surface area contributed by atoms with Crippen LogP contribution in [0, 0.1) is 6.92 Å². The zero-order chi connectivity index (χ0) is 17.1. The Balaban J connectivity index is 2.29. The molecule has 1 unspecified atom stereocenters. The average Bonchev–Trinajstić information content (AvgIpc) is 2.83. The van der Waals surface area contributed by atoms with Crippen molar-refractivity contribution >= 4 is 23.5 Å². The zero-order valence-corrected chi connectivity index (χ0v) is 13.6. The summed E-state index contributed by atoms with van der Waals surface area (Å²) in [5.74, 6) is -1.31. The Morgan fingerprint density at radius 3 is 2.57 bits per heavy atom. The first kappa shape index (κ1) is 16.8. The number of benzene rings is 1. The van der Waals surface area contributed by atoms with Crippen LogP contribution in [0.4, 0.5) is 0 Å². The van der Waals surface area contributed by atoms with E-state index >= 15 is 0 Å². The van der Waals surface area contributed by atoms with Crippen LogP contribution in [0.5, 0.6) is 5.75 Å². The second-order valence-corrected chi connectivity index (χ2v) is 5.34. The molecule has 0 aliphatic rings. The minimum absolute atomic E-state index is 0.266. The molecule has 0 saturated heterocycles. The third-order valence-electron chi connectivity index (χ3n) is 3.27. The van der Waals surface area contributed by atoms with Crippen LogP contribution >= 0.6 is 11.6 Å². The van der Waals surface area contributed by atoms with Crippen molar-refractivity contribution in [2.75, 3.05) is 7.11 Å². The number of hydrogen-bond acceptors (Lipinski definition) is 4. The summed E-state index contributed by atoms with van der Waals surface area (Å²) in [7, 11) is 3.07. The highest BCUT2D eigenvalue weighted by molar-refractivity contribution is 6.32. The van der Waals surface area contributed by atoms with Crippen LogP contribution < -0.4 is 10.1 Å². The van der Waals surface area contributed by atoms with E-state index in [1.54, 1.807) is 26.1 Å². The summed E-state index contributed by atoms with van der Waals surface area (Å²) >= 11 is 6.02. The number of rotatable bonds is 5. The number of hydrogen-bond donors (Lipinski definition) is 2. The third-order valence-corrected chi connectivity index (χ3v) is 3.56. The van der Waals surface area contributed by atoms with E-state index in [1.165, 1.54) is 23.9 Å². The lowest BCUT2D eigenvalue weighted by Gasteiger charge is -2.16. The SMILES string of the molecule is COc1ccc(C(NC(=O)c2cc(C)nn2C)C(=O)O)cc1Cl. The number of aliphatic carboxylic acids is 1. The summed E-state index contributed by atoms with van der Waals surface area (Å²) in [5.41, 5.74) is 1.28. The quantitative estimate of drug-likeness (QED) is 0.869. The van der Waals surface area contributed by atoms with Crippen molar-refractivity contribution in [1.29, 1.82) is 0 Å². The summed E-state index contributed by atoms with van der Waals surface area (Å²) in [4.78, 5) is 23.8. The molecule has 0 fully saturated rings. The molecule has 0 radical (unpaired) electrons. The minimum Gasteiger partial charge on any atom is -0.495 e. The smallest absolute Gasteiger partial charge is 0.330 e. The molecular weight excluding hydrogens is 322 g/mol. The number of carboxylic acid groups (broad SMARTS) is 1. The third kappa shape index (κ3) is 3.62. The van der Waals surface area contributed by atoms with Crippen molar-refractivity contribution in [3.8, 4) is 5.75 Å². The molecule has 2 rings (SSSR count). The molecule has 0 aliphatic carbocycles. The van der Waals surface area contributed by atoms with Gasteiger partial charge >= 0.3 is 5.97 Å². The van der Waals surface area contributed by atoms with Crippen molar-refractivity contribution in [2.45, 2.75) is 13.0 Å². The van der Waals surface area contributed by atoms with Gasteiger partial charge in [0.05, 0.1) is 17.8 Å². The summed E-state index contributed by atoms with van der Waals surface area (Å²) in [6.45, 7) is 1.74. The Labute approximate surface area is 137 Å². The number of ether oxygens (including phenoxy) is 1. The first-order chi connectivity index (χ1) is 10.8. The Kier molecular flexibility index (Phi) is 4.90. The van der Waals surface area contributed by atoms with E-state index < -0.39 is 17.9 Å². The molecule has 1 aromatic heterocycles. The maximum atomic E-state index is 12.3. The molecule has 0 aliphatic heterocycles. The van der Waals surface area contributed by atoms with Crippen LogP contribution in [0.2, 0.25) is 5.02 Å². The van der Waals surface area contributed by atoms with Crippen LogP contribution in [-0.2, 0) is 11.8 Å². The van der Waals surface area contributed by atoms with Crippen molar-refractivity contribution in [2.24, 2.45) is 7.05 Å². The molecule has 1 aromatic carbocycles. The van der Waals surface area contributed by atoms with E-state index in [0.717, 1.165) is 0 Å². The Morgan fingerprint density at radius 2 is 2.09 bits per heavy atom. The van der Waals surface area contributed by atoms with Crippen molar-refractivity contribution < 1.29 is 19.4 Å². The van der Waals surface area contributed by atoms with Gasteiger partial charge in [0.1, 0.15) is 11.4 Å². The summed E-state index contributed by atoms with van der Waals surface area (Å²) < 4.78 is 6.42. The lowest BCUT2D eigenvalue weighted by molar-refractivity contribution is -0.139. The van der Waals surface area contributed by atoms with Gasteiger partial charge in [0, 0.05) is 7.05 Å². The van der Waals surface area contributed by atoms with E-state index in [-0.39, 0.29) is 10.7 Å². The average molecular weight is 338 g/mol. The van der Waals surface area contributed by atoms with Gasteiger partial charge in [-0.15, -0.1) is 0 Å². The number of aryl methyl sites for hydroxylation is 2. The monoisotopic (exact) mass is 337 g/mol. The number of methoxy groups -OCH3 is 1. The number of amides is 1. The molecule has 7 nitrogen and oxygen atoms in total. The molecule has 2 N–H and O–H groups in total. The first-order valence-corrected chi connectivity index (χ1v) is 7.09. The van der Waals surface area contributed by atoms with Gasteiger partial charge in [-0.3, -0.25) is 9.48 Å². The largest absolute Gasteiger partial charge is 0.495 e. The van der Waals surface area contributed by atoms with Crippen molar-refractivity contribution in [3.63, 3.8) is 0 Å². The molecule has 23 heavy (non-hydrogen) atoms. The summed E-state index contributed by atoms with van der Waals surface area (Å²) in [5, 5.41) is 16.2. The molecule has 0 saturated carbocycles. The molecule has 1 heterocycles. The molecule has 2 aromatic rings. The normalized spacial score (nSPS) is 11.8. The van der Waals surface area contributed by atoms with Gasteiger partial charge in [-0.1, -0.05) is 17.7 Å². The van der Waals surface area contributed by atoms with Crippen LogP contribution in [0.3, 0.4) is 0 Å². The van der Waals surface area contributed by atoms with Gasteiger partial charge < -0.3 is 15.2 Å². The van der Waals surface area contributed by atoms with Crippen LogP contribution in [0.1, 0.15) is 27.8 Å². The lowest BCUT2D eigenvalue weighted by atomic mass is 10.1. The predicted octanol–water partition coefficient (Wildman–Crippen LogP) is 1.95. The van der Waals surface area contributed by atoms with Gasteiger partial charge in [0.2, 0.25) is 0 Å². The van der Waals surface area contributed by atoms with Crippen molar-refractivity contribution in [3.05, 3.63) is 46.2 Å². The number of halogens is 1. The maximum Gasteiger partial charge on any atom is 0.330 e. The fourth-order valence-corrected chi connectivity index (χ4v) is 2.44. The zero-order valence-electron chi connectivity index (χ0n) is 12.8.